The molecule has 2 aliphatic heterocycles. The molecule has 3 heterocycles. The van der Waals surface area contributed by atoms with Gasteiger partial charge in [0.2, 0.25) is 5.91 Å². The van der Waals surface area contributed by atoms with Gasteiger partial charge in [0.05, 0.1) is 32.1 Å². The molecule has 0 unspecified atom stereocenters. The summed E-state index contributed by atoms with van der Waals surface area (Å²) in [4.78, 5) is 14.6. The van der Waals surface area contributed by atoms with Crippen molar-refractivity contribution in [3.63, 3.8) is 0 Å². The van der Waals surface area contributed by atoms with Crippen molar-refractivity contribution in [3.8, 4) is 11.5 Å². The number of aryl methyl sites for hydroxylation is 1. The van der Waals surface area contributed by atoms with Gasteiger partial charge in [0, 0.05) is 19.3 Å². The largest absolute Gasteiger partial charge is 0.493 e. The van der Waals surface area contributed by atoms with Crippen molar-refractivity contribution in [2.75, 3.05) is 33.9 Å². The molecule has 0 radical (unpaired) electrons. The number of hydrogen-bond acceptors (Lipinski definition) is 5. The fraction of sp³-hybridized carbons (Fsp3) is 0.524. The molecular formula is C21H27N3O4. The normalized spacial score (nSPS) is 18.0. The average Bonchev–Trinajstić information content (AvgIpc) is 3.12. The van der Waals surface area contributed by atoms with E-state index in [0.29, 0.717) is 19.7 Å². The molecule has 7 nitrogen and oxygen atoms in total. The summed E-state index contributed by atoms with van der Waals surface area (Å²) in [6.07, 6.45) is 4.26. The maximum Gasteiger partial charge on any atom is 0.244 e. The molecule has 2 aliphatic rings. The van der Waals surface area contributed by atoms with Crippen molar-refractivity contribution < 1.29 is 19.0 Å². The van der Waals surface area contributed by atoms with Gasteiger partial charge >= 0.3 is 0 Å². The number of piperidine rings is 1. The fourth-order valence-corrected chi connectivity index (χ4v) is 4.31. The van der Waals surface area contributed by atoms with Crippen molar-refractivity contribution in [2.45, 2.75) is 38.3 Å². The Balaban J connectivity index is 1.50. The van der Waals surface area contributed by atoms with E-state index in [1.807, 2.05) is 24.1 Å². The Morgan fingerprint density at radius 3 is 2.57 bits per heavy atom. The molecule has 0 atom stereocenters. The molecular weight excluding hydrogens is 358 g/mol. The minimum atomic E-state index is -0.355. The monoisotopic (exact) mass is 385 g/mol. The Morgan fingerprint density at radius 2 is 1.93 bits per heavy atom. The van der Waals surface area contributed by atoms with Crippen LogP contribution in [-0.4, -0.2) is 54.5 Å². The van der Waals surface area contributed by atoms with Crippen LogP contribution in [-0.2, 0) is 28.1 Å². The molecule has 150 valence electrons. The molecule has 0 N–H and O–H groups in total. The number of fused-ring (bicyclic) bond motifs is 2. The van der Waals surface area contributed by atoms with Gasteiger partial charge in [0.15, 0.2) is 11.5 Å². The molecule has 1 amide bonds. The first kappa shape index (κ1) is 18.8. The van der Waals surface area contributed by atoms with Crippen LogP contribution in [0.5, 0.6) is 11.5 Å². The van der Waals surface area contributed by atoms with E-state index in [1.165, 1.54) is 11.1 Å². The number of nitrogens with zero attached hydrogens (tertiary/aromatic N) is 3. The highest BCUT2D eigenvalue weighted by Crippen LogP contribution is 2.45. The number of benzene rings is 1. The minimum Gasteiger partial charge on any atom is -0.493 e. The number of carbonyl (C=O) groups excluding carboxylic acids is 1. The van der Waals surface area contributed by atoms with Crippen LogP contribution in [0.1, 0.15) is 29.7 Å². The summed E-state index contributed by atoms with van der Waals surface area (Å²) in [6.45, 7) is 4.23. The molecule has 0 saturated carbocycles. The van der Waals surface area contributed by atoms with Gasteiger partial charge in [0.1, 0.15) is 6.54 Å². The molecule has 0 aliphatic carbocycles. The van der Waals surface area contributed by atoms with Crippen molar-refractivity contribution in [1.29, 1.82) is 0 Å². The first-order valence-corrected chi connectivity index (χ1v) is 9.72. The quantitative estimate of drug-likeness (QED) is 0.808. The standard InChI is InChI=1S/C21H27N3O4/c1-15-4-8-24(22-15)14-20(25)23-9-6-21(7-10-23)17-13-19(27-3)18(26-2)12-16(17)5-11-28-21/h4,8,12-13H,5-7,9-11,14H2,1-3H3. The fourth-order valence-electron chi connectivity index (χ4n) is 4.31. The van der Waals surface area contributed by atoms with Crippen LogP contribution in [0.4, 0.5) is 0 Å². The van der Waals surface area contributed by atoms with E-state index in [9.17, 15) is 4.79 Å². The smallest absolute Gasteiger partial charge is 0.244 e. The maximum absolute atomic E-state index is 12.7. The summed E-state index contributed by atoms with van der Waals surface area (Å²) in [7, 11) is 3.31. The third-order valence-electron chi connectivity index (χ3n) is 5.85. The summed E-state index contributed by atoms with van der Waals surface area (Å²) in [5.74, 6) is 1.57. The highest BCUT2D eigenvalue weighted by molar-refractivity contribution is 5.76. The molecule has 1 spiro atoms. The van der Waals surface area contributed by atoms with Crippen LogP contribution >= 0.6 is 0 Å². The van der Waals surface area contributed by atoms with E-state index in [0.717, 1.165) is 36.5 Å². The van der Waals surface area contributed by atoms with Gasteiger partial charge in [-0.25, -0.2) is 0 Å². The van der Waals surface area contributed by atoms with E-state index < -0.39 is 0 Å². The lowest BCUT2D eigenvalue weighted by Gasteiger charge is -2.45. The van der Waals surface area contributed by atoms with Crippen LogP contribution in [0.3, 0.4) is 0 Å². The lowest BCUT2D eigenvalue weighted by molar-refractivity contribution is -0.141. The zero-order chi connectivity index (χ0) is 19.7. The molecule has 1 aromatic carbocycles. The third-order valence-corrected chi connectivity index (χ3v) is 5.85. The zero-order valence-electron chi connectivity index (χ0n) is 16.7. The van der Waals surface area contributed by atoms with Gasteiger partial charge in [-0.1, -0.05) is 0 Å². The predicted octanol–water partition coefficient (Wildman–Crippen LogP) is 2.30. The van der Waals surface area contributed by atoms with Crippen LogP contribution < -0.4 is 9.47 Å². The van der Waals surface area contributed by atoms with Gasteiger partial charge in [-0.05, 0) is 55.5 Å². The van der Waals surface area contributed by atoms with E-state index in [4.69, 9.17) is 14.2 Å². The van der Waals surface area contributed by atoms with Gasteiger partial charge in [-0.2, -0.15) is 5.10 Å². The second-order valence-corrected chi connectivity index (χ2v) is 7.49. The molecule has 7 heteroatoms. The van der Waals surface area contributed by atoms with Crippen LogP contribution in [0, 0.1) is 6.92 Å². The molecule has 1 aromatic heterocycles. The highest BCUT2D eigenvalue weighted by atomic mass is 16.5. The number of amides is 1. The van der Waals surface area contributed by atoms with Crippen molar-refractivity contribution in [3.05, 3.63) is 41.2 Å². The highest BCUT2D eigenvalue weighted by Gasteiger charge is 2.42. The van der Waals surface area contributed by atoms with E-state index in [1.54, 1.807) is 18.9 Å². The number of ether oxygens (including phenoxy) is 3. The molecule has 1 fully saturated rings. The van der Waals surface area contributed by atoms with E-state index in [2.05, 4.69) is 17.2 Å². The maximum atomic E-state index is 12.7. The first-order chi connectivity index (χ1) is 13.5. The van der Waals surface area contributed by atoms with Crippen LogP contribution in [0.25, 0.3) is 0 Å². The third kappa shape index (κ3) is 3.35. The topological polar surface area (TPSA) is 65.8 Å². The predicted molar refractivity (Wildman–Crippen MR) is 104 cm³/mol. The summed E-state index contributed by atoms with van der Waals surface area (Å²) in [6, 6.07) is 6.03. The van der Waals surface area contributed by atoms with Crippen molar-refractivity contribution in [2.24, 2.45) is 0 Å². The minimum absolute atomic E-state index is 0.0984. The second kappa shape index (κ2) is 7.47. The van der Waals surface area contributed by atoms with Crippen LogP contribution in [0.2, 0.25) is 0 Å². The number of hydrogen-bond donors (Lipinski definition) is 0. The van der Waals surface area contributed by atoms with Gasteiger partial charge < -0.3 is 19.1 Å². The second-order valence-electron chi connectivity index (χ2n) is 7.49. The van der Waals surface area contributed by atoms with Gasteiger partial charge in [-0.3, -0.25) is 9.48 Å². The number of rotatable bonds is 4. The number of aromatic nitrogens is 2. The van der Waals surface area contributed by atoms with Crippen LogP contribution in [0.15, 0.2) is 24.4 Å². The number of likely N-dealkylation sites (tertiary alicyclic amines) is 1. The Labute approximate surface area is 165 Å². The molecule has 2 aromatic rings. The first-order valence-electron chi connectivity index (χ1n) is 9.72. The Hall–Kier alpha value is -2.54. The van der Waals surface area contributed by atoms with Gasteiger partial charge in [0.25, 0.3) is 0 Å². The number of carbonyl (C=O) groups is 1. The molecule has 1 saturated heterocycles. The Morgan fingerprint density at radius 1 is 1.21 bits per heavy atom. The molecule has 0 bridgehead atoms. The Kier molecular flexibility index (Phi) is 5.02. The summed E-state index contributed by atoms with van der Waals surface area (Å²) >= 11 is 0. The van der Waals surface area contributed by atoms with Crippen molar-refractivity contribution in [1.82, 2.24) is 14.7 Å². The lowest BCUT2D eigenvalue weighted by atomic mass is 9.79. The lowest BCUT2D eigenvalue weighted by Crippen LogP contribution is -2.49. The summed E-state index contributed by atoms with van der Waals surface area (Å²) in [5.41, 5.74) is 2.98. The number of methoxy groups -OCH3 is 2. The van der Waals surface area contributed by atoms with Gasteiger partial charge in [-0.15, -0.1) is 0 Å². The zero-order valence-corrected chi connectivity index (χ0v) is 16.7. The van der Waals surface area contributed by atoms with Crippen molar-refractivity contribution >= 4 is 5.91 Å². The Bertz CT molecular complexity index is 869. The molecule has 28 heavy (non-hydrogen) atoms. The average molecular weight is 385 g/mol. The summed E-state index contributed by atoms with van der Waals surface area (Å²) < 4.78 is 19.0. The van der Waals surface area contributed by atoms with E-state index >= 15 is 0 Å². The van der Waals surface area contributed by atoms with E-state index in [-0.39, 0.29) is 18.1 Å². The SMILES string of the molecule is COc1cc2c(cc1OC)C1(CCN(C(=O)Cn3ccc(C)n3)CC1)OCC2. The molecule has 4 rings (SSSR count). The summed E-state index contributed by atoms with van der Waals surface area (Å²) in [5, 5.41) is 4.31.